The molecule has 1 aliphatic carbocycles. The molecule has 1 unspecified atom stereocenters. The van der Waals surface area contributed by atoms with E-state index in [0.717, 1.165) is 17.7 Å². The lowest BCUT2D eigenvalue weighted by atomic mass is 9.78. The minimum Gasteiger partial charge on any atom is -0.375 e. The number of allylic oxidation sites excluding steroid dienone is 2. The molecule has 0 amide bonds. The van der Waals surface area contributed by atoms with E-state index < -0.39 is 6.04 Å². The quantitative estimate of drug-likeness (QED) is 0.821. The Balaban J connectivity index is 1.93. The summed E-state index contributed by atoms with van der Waals surface area (Å²) in [6.45, 7) is 4.16. The van der Waals surface area contributed by atoms with Gasteiger partial charge in [-0.1, -0.05) is 74.5 Å². The van der Waals surface area contributed by atoms with Crippen molar-refractivity contribution in [3.63, 3.8) is 0 Å². The summed E-state index contributed by atoms with van der Waals surface area (Å²) >= 11 is 0. The third-order valence-electron chi connectivity index (χ3n) is 4.44. The summed E-state index contributed by atoms with van der Waals surface area (Å²) in [5.41, 5.74) is 2.30. The highest BCUT2D eigenvalue weighted by atomic mass is 16.1. The first-order valence-corrected chi connectivity index (χ1v) is 8.59. The standard InChI is InChI=1S/C22H23NO2/c1-22(2)14-18(13-19(24)15-22)23-20(16-9-5-3-6-10-16)21(25)17-11-7-4-8-12-17/h3-13,20,23H,14-15H2,1-2H3. The van der Waals surface area contributed by atoms with E-state index in [0.29, 0.717) is 12.0 Å². The maximum atomic E-state index is 13.1. The summed E-state index contributed by atoms with van der Waals surface area (Å²) in [4.78, 5) is 25.1. The fourth-order valence-corrected chi connectivity index (χ4v) is 3.34. The van der Waals surface area contributed by atoms with Crippen LogP contribution in [0.2, 0.25) is 0 Å². The second-order valence-corrected chi connectivity index (χ2v) is 7.37. The molecular formula is C22H23NO2. The average molecular weight is 333 g/mol. The van der Waals surface area contributed by atoms with Crippen molar-refractivity contribution in [1.29, 1.82) is 0 Å². The maximum Gasteiger partial charge on any atom is 0.189 e. The molecule has 2 aromatic rings. The normalized spacial score (nSPS) is 17.5. The number of rotatable bonds is 5. The van der Waals surface area contributed by atoms with Crippen LogP contribution in [0.4, 0.5) is 0 Å². The molecule has 3 rings (SSSR count). The lowest BCUT2D eigenvalue weighted by molar-refractivity contribution is -0.117. The largest absolute Gasteiger partial charge is 0.375 e. The number of benzene rings is 2. The number of ketones is 2. The highest BCUT2D eigenvalue weighted by molar-refractivity contribution is 6.01. The first-order valence-electron chi connectivity index (χ1n) is 8.59. The number of hydrogen-bond acceptors (Lipinski definition) is 3. The average Bonchev–Trinajstić information content (AvgIpc) is 2.59. The van der Waals surface area contributed by atoms with Gasteiger partial charge in [-0.15, -0.1) is 0 Å². The molecular weight excluding hydrogens is 310 g/mol. The number of carbonyl (C=O) groups excluding carboxylic acids is 2. The van der Waals surface area contributed by atoms with Crippen molar-refractivity contribution in [1.82, 2.24) is 5.32 Å². The molecule has 0 aromatic heterocycles. The number of Topliss-reactive ketones (excluding diaryl/α,β-unsaturated/α-hetero) is 1. The maximum absolute atomic E-state index is 13.1. The summed E-state index contributed by atoms with van der Waals surface area (Å²) in [6, 6.07) is 18.4. The zero-order valence-corrected chi connectivity index (χ0v) is 14.7. The van der Waals surface area contributed by atoms with Gasteiger partial charge in [0.2, 0.25) is 0 Å². The van der Waals surface area contributed by atoms with Crippen LogP contribution in [0.3, 0.4) is 0 Å². The third-order valence-corrected chi connectivity index (χ3v) is 4.44. The summed E-state index contributed by atoms with van der Waals surface area (Å²) in [7, 11) is 0. The zero-order chi connectivity index (χ0) is 17.9. The van der Waals surface area contributed by atoms with Crippen LogP contribution in [0, 0.1) is 5.41 Å². The molecule has 0 saturated heterocycles. The molecule has 1 aliphatic rings. The fourth-order valence-electron chi connectivity index (χ4n) is 3.34. The van der Waals surface area contributed by atoms with E-state index in [-0.39, 0.29) is 17.0 Å². The van der Waals surface area contributed by atoms with Gasteiger partial charge in [0.05, 0.1) is 0 Å². The van der Waals surface area contributed by atoms with Gasteiger partial charge in [-0.25, -0.2) is 0 Å². The molecule has 3 heteroatoms. The van der Waals surface area contributed by atoms with E-state index in [4.69, 9.17) is 0 Å². The monoisotopic (exact) mass is 333 g/mol. The SMILES string of the molecule is CC1(C)CC(=O)C=C(NC(C(=O)c2ccccc2)c2ccccc2)C1. The minimum absolute atomic E-state index is 0.00327. The highest BCUT2D eigenvalue weighted by Crippen LogP contribution is 2.34. The van der Waals surface area contributed by atoms with E-state index in [1.54, 1.807) is 6.08 Å². The second kappa shape index (κ2) is 7.06. The van der Waals surface area contributed by atoms with Crippen molar-refractivity contribution in [2.75, 3.05) is 0 Å². The summed E-state index contributed by atoms with van der Waals surface area (Å²) in [5, 5.41) is 3.35. The lowest BCUT2D eigenvalue weighted by Crippen LogP contribution is -2.33. The molecule has 0 heterocycles. The molecule has 1 N–H and O–H groups in total. The number of nitrogens with one attached hydrogen (secondary N) is 1. The minimum atomic E-state index is -0.503. The van der Waals surface area contributed by atoms with Crippen LogP contribution in [0.1, 0.15) is 48.7 Å². The van der Waals surface area contributed by atoms with Crippen molar-refractivity contribution in [3.8, 4) is 0 Å². The van der Waals surface area contributed by atoms with Crippen molar-refractivity contribution < 1.29 is 9.59 Å². The summed E-state index contributed by atoms with van der Waals surface area (Å²) in [6.07, 6.45) is 2.95. The van der Waals surface area contributed by atoms with Crippen molar-refractivity contribution >= 4 is 11.6 Å². The Morgan fingerprint density at radius 3 is 2.16 bits per heavy atom. The molecule has 0 radical (unpaired) electrons. The summed E-state index contributed by atoms with van der Waals surface area (Å²) in [5.74, 6) is 0.112. The molecule has 0 bridgehead atoms. The van der Waals surface area contributed by atoms with Crippen LogP contribution in [-0.2, 0) is 4.79 Å². The Morgan fingerprint density at radius 2 is 1.56 bits per heavy atom. The smallest absolute Gasteiger partial charge is 0.189 e. The van der Waals surface area contributed by atoms with Crippen LogP contribution >= 0.6 is 0 Å². The zero-order valence-electron chi connectivity index (χ0n) is 14.7. The first-order chi connectivity index (χ1) is 11.9. The predicted molar refractivity (Wildman–Crippen MR) is 99.2 cm³/mol. The van der Waals surface area contributed by atoms with Crippen LogP contribution in [-0.4, -0.2) is 11.6 Å². The van der Waals surface area contributed by atoms with Gasteiger partial charge in [-0.2, -0.15) is 0 Å². The van der Waals surface area contributed by atoms with Crippen LogP contribution in [0.25, 0.3) is 0 Å². The fraction of sp³-hybridized carbons (Fsp3) is 0.273. The topological polar surface area (TPSA) is 46.2 Å². The van der Waals surface area contributed by atoms with Gasteiger partial charge in [0.25, 0.3) is 0 Å². The van der Waals surface area contributed by atoms with E-state index in [2.05, 4.69) is 19.2 Å². The Kier molecular flexibility index (Phi) is 4.84. The second-order valence-electron chi connectivity index (χ2n) is 7.37. The van der Waals surface area contributed by atoms with Crippen LogP contribution < -0.4 is 5.32 Å². The lowest BCUT2D eigenvalue weighted by Gasteiger charge is -2.31. The molecule has 0 fully saturated rings. The predicted octanol–water partition coefficient (Wildman–Crippen LogP) is 4.47. The van der Waals surface area contributed by atoms with Crippen molar-refractivity contribution in [2.24, 2.45) is 5.41 Å². The van der Waals surface area contributed by atoms with Crippen molar-refractivity contribution in [2.45, 2.75) is 32.7 Å². The number of hydrogen-bond donors (Lipinski definition) is 1. The molecule has 0 aliphatic heterocycles. The molecule has 3 nitrogen and oxygen atoms in total. The van der Waals surface area contributed by atoms with E-state index in [1.807, 2.05) is 60.7 Å². The molecule has 128 valence electrons. The van der Waals surface area contributed by atoms with Crippen LogP contribution in [0.5, 0.6) is 0 Å². The van der Waals surface area contributed by atoms with Gasteiger partial charge in [0.15, 0.2) is 11.6 Å². The molecule has 0 spiro atoms. The van der Waals surface area contributed by atoms with Gasteiger partial charge >= 0.3 is 0 Å². The van der Waals surface area contributed by atoms with Crippen LogP contribution in [0.15, 0.2) is 72.4 Å². The van der Waals surface area contributed by atoms with E-state index in [1.165, 1.54) is 0 Å². The van der Waals surface area contributed by atoms with Gasteiger partial charge in [-0.3, -0.25) is 9.59 Å². The first kappa shape index (κ1) is 17.2. The Morgan fingerprint density at radius 1 is 0.960 bits per heavy atom. The van der Waals surface area contributed by atoms with E-state index >= 15 is 0 Å². The van der Waals surface area contributed by atoms with Gasteiger partial charge in [0, 0.05) is 23.8 Å². The summed E-state index contributed by atoms with van der Waals surface area (Å²) < 4.78 is 0. The van der Waals surface area contributed by atoms with Gasteiger partial charge < -0.3 is 5.32 Å². The van der Waals surface area contributed by atoms with Crippen molar-refractivity contribution in [3.05, 3.63) is 83.6 Å². The Bertz CT molecular complexity index is 791. The van der Waals surface area contributed by atoms with Gasteiger partial charge in [-0.05, 0) is 17.4 Å². The Hall–Kier alpha value is -2.68. The number of carbonyl (C=O) groups is 2. The molecule has 1 atom stereocenters. The Labute approximate surface area is 148 Å². The third kappa shape index (κ3) is 4.24. The highest BCUT2D eigenvalue weighted by Gasteiger charge is 2.30. The van der Waals surface area contributed by atoms with E-state index in [9.17, 15) is 9.59 Å². The molecule has 2 aromatic carbocycles. The molecule has 25 heavy (non-hydrogen) atoms. The van der Waals surface area contributed by atoms with Gasteiger partial charge in [0.1, 0.15) is 6.04 Å². The molecule has 0 saturated carbocycles.